The third-order valence-electron chi connectivity index (χ3n) is 6.13. The molecule has 1 amide bonds. The van der Waals surface area contributed by atoms with Gasteiger partial charge in [0, 0.05) is 49.4 Å². The van der Waals surface area contributed by atoms with Gasteiger partial charge in [-0.25, -0.2) is 9.78 Å². The number of nitrogens with one attached hydrogen (secondary N) is 1. The van der Waals surface area contributed by atoms with Crippen molar-refractivity contribution in [2.75, 3.05) is 33.3 Å². The summed E-state index contributed by atoms with van der Waals surface area (Å²) < 4.78 is 10.6. The summed E-state index contributed by atoms with van der Waals surface area (Å²) in [6.07, 6.45) is -0.214. The molecule has 4 rings (SSSR count). The Bertz CT molecular complexity index is 1190. The molecule has 9 heteroatoms. The molecule has 1 fully saturated rings. The van der Waals surface area contributed by atoms with E-state index in [4.69, 9.17) is 14.5 Å². The van der Waals surface area contributed by atoms with Crippen molar-refractivity contribution in [2.45, 2.75) is 40.3 Å². The van der Waals surface area contributed by atoms with Crippen molar-refractivity contribution in [3.8, 4) is 16.3 Å². The van der Waals surface area contributed by atoms with Crippen molar-refractivity contribution in [1.29, 1.82) is 0 Å². The SMILES string of the molecule is COc1ccc(-c2nc(CN3CCN(C(=O)c4[nH]c(C)c(C(=O)OC(C)C)c4C)CC3)cs2)cc1. The van der Waals surface area contributed by atoms with Crippen LogP contribution in [-0.2, 0) is 11.3 Å². The molecule has 0 radical (unpaired) electrons. The van der Waals surface area contributed by atoms with Gasteiger partial charge in [-0.1, -0.05) is 0 Å². The number of amides is 1. The monoisotopic (exact) mass is 496 g/mol. The number of H-pyrrole nitrogens is 1. The van der Waals surface area contributed by atoms with Crippen LogP contribution < -0.4 is 4.74 Å². The standard InChI is InChI=1S/C26H32N4O4S/c1-16(2)34-26(32)22-17(3)23(27-18(22)4)25(31)30-12-10-29(11-13-30)14-20-15-35-24(28-20)19-6-8-21(33-5)9-7-19/h6-9,15-16,27H,10-14H2,1-5H3. The molecule has 186 valence electrons. The molecule has 1 saturated heterocycles. The van der Waals surface area contributed by atoms with E-state index in [1.165, 1.54) is 0 Å². The molecule has 3 aromatic rings. The van der Waals surface area contributed by atoms with E-state index in [1.807, 2.05) is 43.0 Å². The fraction of sp³-hybridized carbons (Fsp3) is 0.423. The van der Waals surface area contributed by atoms with Crippen LogP contribution in [-0.4, -0.2) is 71.0 Å². The lowest BCUT2D eigenvalue weighted by Crippen LogP contribution is -2.48. The molecule has 1 N–H and O–H groups in total. The number of piperazine rings is 1. The van der Waals surface area contributed by atoms with E-state index in [0.717, 1.165) is 41.6 Å². The summed E-state index contributed by atoms with van der Waals surface area (Å²) in [5.41, 5.74) is 4.34. The van der Waals surface area contributed by atoms with Crippen LogP contribution >= 0.6 is 11.3 Å². The van der Waals surface area contributed by atoms with E-state index in [0.29, 0.717) is 35.6 Å². The summed E-state index contributed by atoms with van der Waals surface area (Å²) in [5, 5.41) is 3.08. The van der Waals surface area contributed by atoms with Crippen LogP contribution in [0.2, 0.25) is 0 Å². The second-order valence-electron chi connectivity index (χ2n) is 9.02. The molecule has 1 aromatic carbocycles. The second-order valence-corrected chi connectivity index (χ2v) is 9.88. The number of aromatic nitrogens is 2. The normalized spacial score (nSPS) is 14.4. The molecule has 1 aliphatic rings. The number of hydrogen-bond donors (Lipinski definition) is 1. The number of carbonyl (C=O) groups excluding carboxylic acids is 2. The summed E-state index contributed by atoms with van der Waals surface area (Å²) in [5.74, 6) is 0.353. The zero-order valence-corrected chi connectivity index (χ0v) is 21.7. The van der Waals surface area contributed by atoms with E-state index in [2.05, 4.69) is 15.3 Å². The number of rotatable bonds is 7. The zero-order chi connectivity index (χ0) is 25.1. The van der Waals surface area contributed by atoms with Gasteiger partial charge in [-0.3, -0.25) is 9.69 Å². The minimum absolute atomic E-state index is 0.0794. The van der Waals surface area contributed by atoms with E-state index in [1.54, 1.807) is 32.3 Å². The van der Waals surface area contributed by atoms with Crippen molar-refractivity contribution in [3.05, 3.63) is 57.9 Å². The van der Waals surface area contributed by atoms with Crippen molar-refractivity contribution < 1.29 is 19.1 Å². The van der Waals surface area contributed by atoms with Gasteiger partial charge in [0.1, 0.15) is 16.5 Å². The van der Waals surface area contributed by atoms with Crippen LogP contribution in [0.4, 0.5) is 0 Å². The summed E-state index contributed by atoms with van der Waals surface area (Å²) >= 11 is 1.63. The maximum atomic E-state index is 13.2. The zero-order valence-electron chi connectivity index (χ0n) is 20.9. The lowest BCUT2D eigenvalue weighted by Gasteiger charge is -2.34. The van der Waals surface area contributed by atoms with Gasteiger partial charge >= 0.3 is 5.97 Å². The molecule has 0 saturated carbocycles. The number of aryl methyl sites for hydroxylation is 1. The molecule has 8 nitrogen and oxygen atoms in total. The Balaban J connectivity index is 1.35. The van der Waals surface area contributed by atoms with Gasteiger partial charge in [0.15, 0.2) is 0 Å². The summed E-state index contributed by atoms with van der Waals surface area (Å²) in [6.45, 7) is 10.7. The van der Waals surface area contributed by atoms with Crippen molar-refractivity contribution in [2.24, 2.45) is 0 Å². The Labute approximate surface area is 209 Å². The number of ether oxygens (including phenoxy) is 2. The first-order chi connectivity index (χ1) is 16.8. The van der Waals surface area contributed by atoms with E-state index < -0.39 is 5.97 Å². The number of benzene rings is 1. The summed E-state index contributed by atoms with van der Waals surface area (Å²) in [6, 6.07) is 7.92. The van der Waals surface area contributed by atoms with Gasteiger partial charge < -0.3 is 19.4 Å². The van der Waals surface area contributed by atoms with Gasteiger partial charge in [-0.2, -0.15) is 0 Å². The van der Waals surface area contributed by atoms with Crippen LogP contribution in [0, 0.1) is 13.8 Å². The van der Waals surface area contributed by atoms with Gasteiger partial charge in [0.05, 0.1) is 24.5 Å². The predicted molar refractivity (Wildman–Crippen MR) is 136 cm³/mol. The number of hydrogen-bond acceptors (Lipinski definition) is 7. The van der Waals surface area contributed by atoms with Gasteiger partial charge in [0.25, 0.3) is 5.91 Å². The lowest BCUT2D eigenvalue weighted by molar-refractivity contribution is 0.0376. The lowest BCUT2D eigenvalue weighted by atomic mass is 10.1. The Morgan fingerprint density at radius 3 is 2.43 bits per heavy atom. The number of carbonyl (C=O) groups is 2. The predicted octanol–water partition coefficient (Wildman–Crippen LogP) is 4.29. The first kappa shape index (κ1) is 24.9. The maximum Gasteiger partial charge on any atom is 0.340 e. The maximum absolute atomic E-state index is 13.2. The van der Waals surface area contributed by atoms with Crippen LogP contribution in [0.15, 0.2) is 29.6 Å². The Morgan fingerprint density at radius 2 is 1.80 bits per heavy atom. The van der Waals surface area contributed by atoms with Crippen LogP contribution in [0.3, 0.4) is 0 Å². The average molecular weight is 497 g/mol. The van der Waals surface area contributed by atoms with Gasteiger partial charge in [-0.15, -0.1) is 11.3 Å². The highest BCUT2D eigenvalue weighted by Crippen LogP contribution is 2.27. The quantitative estimate of drug-likeness (QED) is 0.491. The van der Waals surface area contributed by atoms with Gasteiger partial charge in [-0.05, 0) is 57.5 Å². The highest BCUT2D eigenvalue weighted by Gasteiger charge is 2.28. The smallest absolute Gasteiger partial charge is 0.340 e. The Kier molecular flexibility index (Phi) is 7.57. The second kappa shape index (κ2) is 10.6. The third kappa shape index (κ3) is 5.57. The van der Waals surface area contributed by atoms with Crippen molar-refractivity contribution in [1.82, 2.24) is 19.8 Å². The fourth-order valence-corrected chi connectivity index (χ4v) is 5.10. The highest BCUT2D eigenvalue weighted by molar-refractivity contribution is 7.13. The average Bonchev–Trinajstić information content (AvgIpc) is 3.42. The molecule has 0 unspecified atom stereocenters. The molecule has 0 bridgehead atoms. The summed E-state index contributed by atoms with van der Waals surface area (Å²) in [7, 11) is 1.66. The van der Waals surface area contributed by atoms with E-state index in [-0.39, 0.29) is 12.0 Å². The van der Waals surface area contributed by atoms with Crippen LogP contribution in [0.25, 0.3) is 10.6 Å². The first-order valence-corrected chi connectivity index (χ1v) is 12.7. The summed E-state index contributed by atoms with van der Waals surface area (Å²) in [4.78, 5) is 37.7. The molecule has 2 aromatic heterocycles. The number of thiazole rings is 1. The fourth-order valence-electron chi connectivity index (χ4n) is 4.29. The van der Waals surface area contributed by atoms with E-state index in [9.17, 15) is 9.59 Å². The minimum atomic E-state index is -0.396. The molecular weight excluding hydrogens is 464 g/mol. The highest BCUT2D eigenvalue weighted by atomic mass is 32.1. The molecule has 35 heavy (non-hydrogen) atoms. The van der Waals surface area contributed by atoms with Crippen molar-refractivity contribution in [3.63, 3.8) is 0 Å². The van der Waals surface area contributed by atoms with Crippen LogP contribution in [0.1, 0.15) is 51.6 Å². The molecular formula is C26H32N4O4S. The number of methoxy groups -OCH3 is 1. The Morgan fingerprint density at radius 1 is 1.11 bits per heavy atom. The molecule has 0 atom stereocenters. The third-order valence-corrected chi connectivity index (χ3v) is 7.07. The van der Waals surface area contributed by atoms with Gasteiger partial charge in [0.2, 0.25) is 0 Å². The minimum Gasteiger partial charge on any atom is -0.497 e. The number of nitrogens with zero attached hydrogens (tertiary/aromatic N) is 3. The topological polar surface area (TPSA) is 87.8 Å². The van der Waals surface area contributed by atoms with Crippen LogP contribution in [0.5, 0.6) is 5.75 Å². The largest absolute Gasteiger partial charge is 0.497 e. The first-order valence-electron chi connectivity index (χ1n) is 11.8. The molecule has 0 aliphatic carbocycles. The molecule has 0 spiro atoms. The Hall–Kier alpha value is -3.17. The van der Waals surface area contributed by atoms with E-state index >= 15 is 0 Å². The molecule has 3 heterocycles. The molecule has 1 aliphatic heterocycles. The number of aromatic amines is 1. The number of esters is 1. The van der Waals surface area contributed by atoms with Crippen molar-refractivity contribution >= 4 is 23.2 Å².